The Bertz CT molecular complexity index is 221. The first-order valence-corrected chi connectivity index (χ1v) is 5.81. The summed E-state index contributed by atoms with van der Waals surface area (Å²) in [5.41, 5.74) is 0.544. The van der Waals surface area contributed by atoms with Crippen LogP contribution in [0.5, 0.6) is 0 Å². The Morgan fingerprint density at radius 3 is 2.57 bits per heavy atom. The van der Waals surface area contributed by atoms with E-state index in [2.05, 4.69) is 29.2 Å². The highest BCUT2D eigenvalue weighted by molar-refractivity contribution is 5.11. The van der Waals surface area contributed by atoms with E-state index in [9.17, 15) is 0 Å². The highest BCUT2D eigenvalue weighted by Crippen LogP contribution is 2.44. The van der Waals surface area contributed by atoms with Crippen molar-refractivity contribution in [2.24, 2.45) is 5.92 Å². The molecule has 0 amide bonds. The van der Waals surface area contributed by atoms with E-state index >= 15 is 0 Å². The molecule has 4 fully saturated rings. The fraction of sp³-hybridized carbons (Fsp3) is 1.00. The highest BCUT2D eigenvalue weighted by atomic mass is 15.3. The molecule has 4 rings (SSSR count). The lowest BCUT2D eigenvalue weighted by Crippen LogP contribution is -2.63. The molecule has 14 heavy (non-hydrogen) atoms. The number of rotatable bonds is 3. The van der Waals surface area contributed by atoms with Gasteiger partial charge in [-0.2, -0.15) is 0 Å². The monoisotopic (exact) mass is 195 g/mol. The first kappa shape index (κ1) is 9.13. The number of nitrogens with zero attached hydrogens (tertiary/aromatic N) is 2. The summed E-state index contributed by atoms with van der Waals surface area (Å²) in [7, 11) is 4.38. The molecule has 0 aromatic rings. The summed E-state index contributed by atoms with van der Waals surface area (Å²) < 4.78 is 0. The molecule has 0 atom stereocenters. The zero-order chi connectivity index (χ0) is 9.76. The van der Waals surface area contributed by atoms with Gasteiger partial charge in [-0.3, -0.25) is 4.90 Å². The van der Waals surface area contributed by atoms with Crippen molar-refractivity contribution in [3.05, 3.63) is 0 Å². The summed E-state index contributed by atoms with van der Waals surface area (Å²) in [5, 5.41) is 3.69. The molecule has 0 spiro atoms. The van der Waals surface area contributed by atoms with Gasteiger partial charge in [-0.1, -0.05) is 0 Å². The number of hydrogen-bond donors (Lipinski definition) is 1. The van der Waals surface area contributed by atoms with Crippen LogP contribution >= 0.6 is 0 Å². The van der Waals surface area contributed by atoms with E-state index in [1.165, 1.54) is 39.0 Å². The van der Waals surface area contributed by atoms with Gasteiger partial charge in [-0.25, -0.2) is 0 Å². The number of fused-ring (bicyclic) bond motifs is 1. The predicted octanol–water partition coefficient (Wildman–Crippen LogP) is -0.0158. The third-order valence-electron chi connectivity index (χ3n) is 4.32. The predicted molar refractivity (Wildman–Crippen MR) is 57.4 cm³/mol. The molecule has 2 bridgehead atoms. The highest BCUT2D eigenvalue weighted by Gasteiger charge is 2.51. The number of nitrogens with one attached hydrogen (secondary N) is 1. The van der Waals surface area contributed by atoms with Crippen molar-refractivity contribution in [3.63, 3.8) is 0 Å². The van der Waals surface area contributed by atoms with Gasteiger partial charge in [0.25, 0.3) is 0 Å². The van der Waals surface area contributed by atoms with Crippen LogP contribution in [0.3, 0.4) is 0 Å². The van der Waals surface area contributed by atoms with Crippen LogP contribution in [0.4, 0.5) is 0 Å². The molecule has 1 aliphatic carbocycles. The maximum absolute atomic E-state index is 3.69. The normalized spacial score (nSPS) is 42.6. The second-order valence-electron chi connectivity index (χ2n) is 5.75. The summed E-state index contributed by atoms with van der Waals surface area (Å²) in [6.45, 7) is 5.14. The van der Waals surface area contributed by atoms with Gasteiger partial charge in [0, 0.05) is 31.2 Å². The van der Waals surface area contributed by atoms with Crippen molar-refractivity contribution >= 4 is 0 Å². The molecule has 0 unspecified atom stereocenters. The molecule has 3 saturated heterocycles. The lowest BCUT2D eigenvalue weighted by atomic mass is 9.73. The van der Waals surface area contributed by atoms with E-state index in [1.807, 2.05) is 0 Å². The molecule has 0 aromatic heterocycles. The Morgan fingerprint density at radius 2 is 2.07 bits per heavy atom. The summed E-state index contributed by atoms with van der Waals surface area (Å²) in [5.74, 6) is 1.01. The molecule has 4 aliphatic rings. The van der Waals surface area contributed by atoms with Crippen LogP contribution in [0.1, 0.15) is 12.8 Å². The van der Waals surface area contributed by atoms with Crippen LogP contribution in [0.25, 0.3) is 0 Å². The fourth-order valence-electron chi connectivity index (χ4n) is 3.31. The van der Waals surface area contributed by atoms with Crippen molar-refractivity contribution in [1.82, 2.24) is 15.1 Å². The van der Waals surface area contributed by atoms with Crippen LogP contribution in [-0.4, -0.2) is 61.7 Å². The first-order chi connectivity index (χ1) is 6.67. The summed E-state index contributed by atoms with van der Waals surface area (Å²) in [6, 6.07) is 0.809. The minimum Gasteiger partial charge on any atom is -0.310 e. The van der Waals surface area contributed by atoms with E-state index in [4.69, 9.17) is 0 Å². The molecule has 80 valence electrons. The minimum absolute atomic E-state index is 0.544. The van der Waals surface area contributed by atoms with Gasteiger partial charge in [-0.05, 0) is 39.4 Å². The van der Waals surface area contributed by atoms with Gasteiger partial charge in [0.15, 0.2) is 0 Å². The van der Waals surface area contributed by atoms with E-state index in [0.717, 1.165) is 12.0 Å². The Kier molecular flexibility index (Phi) is 1.92. The number of likely N-dealkylation sites (tertiary alicyclic amines) is 1. The second-order valence-corrected chi connectivity index (χ2v) is 5.75. The molecule has 3 heterocycles. The average molecular weight is 195 g/mol. The molecule has 1 N–H and O–H groups in total. The lowest BCUT2D eigenvalue weighted by molar-refractivity contribution is 0.0257. The summed E-state index contributed by atoms with van der Waals surface area (Å²) >= 11 is 0. The van der Waals surface area contributed by atoms with Crippen molar-refractivity contribution in [1.29, 1.82) is 0 Å². The molecule has 3 nitrogen and oxygen atoms in total. The van der Waals surface area contributed by atoms with Crippen LogP contribution < -0.4 is 5.32 Å². The van der Waals surface area contributed by atoms with Gasteiger partial charge >= 0.3 is 0 Å². The van der Waals surface area contributed by atoms with Crippen molar-refractivity contribution < 1.29 is 0 Å². The maximum Gasteiger partial charge on any atom is 0.0344 e. The Labute approximate surface area is 86.4 Å². The smallest absolute Gasteiger partial charge is 0.0344 e. The topological polar surface area (TPSA) is 18.5 Å². The van der Waals surface area contributed by atoms with Crippen LogP contribution in [0.15, 0.2) is 0 Å². The van der Waals surface area contributed by atoms with Gasteiger partial charge in [0.1, 0.15) is 0 Å². The standard InChI is InChI=1S/C11H21N3/c1-13(2)10-6-14(7-10)8-11-3-9(4-11)5-12-11/h9-10,12H,3-8H2,1-2H3. The van der Waals surface area contributed by atoms with Crippen LogP contribution in [0.2, 0.25) is 0 Å². The van der Waals surface area contributed by atoms with Crippen molar-refractivity contribution in [2.75, 3.05) is 40.3 Å². The first-order valence-electron chi connectivity index (χ1n) is 5.81. The molecule has 0 aromatic carbocycles. The van der Waals surface area contributed by atoms with Gasteiger partial charge in [0.05, 0.1) is 0 Å². The quantitative estimate of drug-likeness (QED) is 0.683. The SMILES string of the molecule is CN(C)C1CN(CC23CC(CN2)C3)C1. The molecular weight excluding hydrogens is 174 g/mol. The van der Waals surface area contributed by atoms with E-state index in [-0.39, 0.29) is 0 Å². The Balaban J connectivity index is 1.47. The average Bonchev–Trinajstić information content (AvgIpc) is 2.51. The molecule has 0 radical (unpaired) electrons. The summed E-state index contributed by atoms with van der Waals surface area (Å²) in [4.78, 5) is 4.96. The third kappa shape index (κ3) is 1.30. The lowest BCUT2D eigenvalue weighted by Gasteiger charge is -2.49. The van der Waals surface area contributed by atoms with Gasteiger partial charge in [-0.15, -0.1) is 0 Å². The zero-order valence-corrected chi connectivity index (χ0v) is 9.29. The second kappa shape index (κ2) is 2.94. The van der Waals surface area contributed by atoms with Gasteiger partial charge in [0.2, 0.25) is 0 Å². The zero-order valence-electron chi connectivity index (χ0n) is 9.29. The van der Waals surface area contributed by atoms with Crippen LogP contribution in [0, 0.1) is 5.92 Å². The van der Waals surface area contributed by atoms with E-state index in [0.29, 0.717) is 5.54 Å². The minimum atomic E-state index is 0.544. The molecule has 3 heteroatoms. The summed E-state index contributed by atoms with van der Waals surface area (Å²) in [6.07, 6.45) is 2.88. The number of likely N-dealkylation sites (N-methyl/N-ethyl adjacent to an activating group) is 1. The maximum atomic E-state index is 3.69. The van der Waals surface area contributed by atoms with Crippen molar-refractivity contribution in [3.8, 4) is 0 Å². The van der Waals surface area contributed by atoms with Crippen molar-refractivity contribution in [2.45, 2.75) is 24.4 Å². The largest absolute Gasteiger partial charge is 0.310 e. The van der Waals surface area contributed by atoms with Crippen LogP contribution in [-0.2, 0) is 0 Å². The fourth-order valence-corrected chi connectivity index (χ4v) is 3.31. The Morgan fingerprint density at radius 1 is 1.36 bits per heavy atom. The molecular formula is C11H21N3. The van der Waals surface area contributed by atoms with E-state index in [1.54, 1.807) is 0 Å². The molecule has 1 saturated carbocycles. The van der Waals surface area contributed by atoms with Gasteiger partial charge < -0.3 is 10.2 Å². The van der Waals surface area contributed by atoms with E-state index < -0.39 is 0 Å². The molecule has 3 aliphatic heterocycles. The number of hydrogen-bond acceptors (Lipinski definition) is 3. The third-order valence-corrected chi connectivity index (χ3v) is 4.32. The Hall–Kier alpha value is -0.120.